The van der Waals surface area contributed by atoms with Crippen molar-refractivity contribution in [2.75, 3.05) is 25.2 Å². The van der Waals surface area contributed by atoms with Crippen molar-refractivity contribution in [2.45, 2.75) is 13.5 Å². The van der Waals surface area contributed by atoms with E-state index in [-0.39, 0.29) is 25.0 Å². The molecular formula is C19H20N2O4. The van der Waals surface area contributed by atoms with Crippen LogP contribution in [0.1, 0.15) is 11.1 Å². The normalized spacial score (nSPS) is 13.0. The van der Waals surface area contributed by atoms with Crippen LogP contribution >= 0.6 is 0 Å². The lowest BCUT2D eigenvalue weighted by molar-refractivity contribution is -0.125. The summed E-state index contributed by atoms with van der Waals surface area (Å²) in [6.45, 7) is 2.16. The van der Waals surface area contributed by atoms with Crippen LogP contribution in [0.4, 0.5) is 5.69 Å². The molecule has 2 aromatic carbocycles. The van der Waals surface area contributed by atoms with Gasteiger partial charge in [-0.2, -0.15) is 0 Å². The average Bonchev–Trinajstić information content (AvgIpc) is 2.62. The van der Waals surface area contributed by atoms with Gasteiger partial charge >= 0.3 is 0 Å². The maximum absolute atomic E-state index is 12.3. The summed E-state index contributed by atoms with van der Waals surface area (Å²) >= 11 is 0. The van der Waals surface area contributed by atoms with Crippen LogP contribution in [0.25, 0.3) is 0 Å². The Balaban J connectivity index is 1.69. The van der Waals surface area contributed by atoms with E-state index in [2.05, 4.69) is 5.32 Å². The molecule has 0 aromatic heterocycles. The zero-order valence-corrected chi connectivity index (χ0v) is 14.2. The van der Waals surface area contributed by atoms with Gasteiger partial charge in [-0.1, -0.05) is 24.3 Å². The Kier molecular flexibility index (Phi) is 4.88. The number of fused-ring (bicyclic) bond motifs is 1. The predicted octanol–water partition coefficient (Wildman–Crippen LogP) is 2.05. The number of carbonyl (C=O) groups excluding carboxylic acids is 2. The molecular weight excluding hydrogens is 320 g/mol. The van der Waals surface area contributed by atoms with Crippen LogP contribution in [-0.4, -0.2) is 32.1 Å². The third-order valence-electron chi connectivity index (χ3n) is 4.03. The highest BCUT2D eigenvalue weighted by molar-refractivity contribution is 6.02. The number of hydrogen-bond donors (Lipinski definition) is 1. The first-order chi connectivity index (χ1) is 12.1. The number of anilines is 1. The summed E-state index contributed by atoms with van der Waals surface area (Å²) in [7, 11) is 1.59. The Morgan fingerprint density at radius 1 is 1.28 bits per heavy atom. The van der Waals surface area contributed by atoms with Crippen LogP contribution in [-0.2, 0) is 16.1 Å². The van der Waals surface area contributed by atoms with Gasteiger partial charge in [-0.25, -0.2) is 0 Å². The van der Waals surface area contributed by atoms with Crippen LogP contribution in [0, 0.1) is 6.92 Å². The van der Waals surface area contributed by atoms with Gasteiger partial charge in [0.05, 0.1) is 12.8 Å². The van der Waals surface area contributed by atoms with E-state index in [0.29, 0.717) is 23.7 Å². The highest BCUT2D eigenvalue weighted by Gasteiger charge is 2.27. The summed E-state index contributed by atoms with van der Waals surface area (Å²) < 4.78 is 10.7. The summed E-state index contributed by atoms with van der Waals surface area (Å²) in [5.41, 5.74) is 2.50. The van der Waals surface area contributed by atoms with E-state index in [9.17, 15) is 9.59 Å². The summed E-state index contributed by atoms with van der Waals surface area (Å²) in [4.78, 5) is 26.0. The van der Waals surface area contributed by atoms with Crippen molar-refractivity contribution in [3.05, 3.63) is 53.6 Å². The van der Waals surface area contributed by atoms with E-state index in [0.717, 1.165) is 11.1 Å². The van der Waals surface area contributed by atoms with Gasteiger partial charge in [-0.3, -0.25) is 14.5 Å². The summed E-state index contributed by atoms with van der Waals surface area (Å²) in [6.07, 6.45) is 0. The molecule has 25 heavy (non-hydrogen) atoms. The molecule has 1 heterocycles. The lowest BCUT2D eigenvalue weighted by Gasteiger charge is -2.29. The molecule has 0 saturated carbocycles. The fraction of sp³-hybridized carbons (Fsp3) is 0.263. The smallest absolute Gasteiger partial charge is 0.265 e. The third kappa shape index (κ3) is 3.74. The molecule has 2 amide bonds. The minimum absolute atomic E-state index is 0.0478. The SMILES string of the molecule is COc1ccccc1CNC(=O)CN1C(=O)COc2ccc(C)cc21. The Bertz CT molecular complexity index is 804. The number of amides is 2. The van der Waals surface area contributed by atoms with Gasteiger partial charge in [0, 0.05) is 12.1 Å². The number of nitrogens with zero attached hydrogens (tertiary/aromatic N) is 1. The van der Waals surface area contributed by atoms with Crippen molar-refractivity contribution < 1.29 is 19.1 Å². The number of ether oxygens (including phenoxy) is 2. The van der Waals surface area contributed by atoms with Crippen molar-refractivity contribution in [1.82, 2.24) is 5.32 Å². The third-order valence-corrected chi connectivity index (χ3v) is 4.03. The van der Waals surface area contributed by atoms with Crippen LogP contribution in [0.3, 0.4) is 0 Å². The standard InChI is InChI=1S/C19H20N2O4/c1-13-7-8-17-15(9-13)21(19(23)12-25-17)11-18(22)20-10-14-5-3-4-6-16(14)24-2/h3-9H,10-12H2,1-2H3,(H,20,22). The first kappa shape index (κ1) is 16.8. The Morgan fingerprint density at radius 3 is 2.88 bits per heavy atom. The number of methoxy groups -OCH3 is 1. The minimum atomic E-state index is -0.242. The van der Waals surface area contributed by atoms with E-state index in [1.165, 1.54) is 4.90 Å². The molecule has 130 valence electrons. The maximum atomic E-state index is 12.3. The second-order valence-electron chi connectivity index (χ2n) is 5.83. The first-order valence-corrected chi connectivity index (χ1v) is 8.01. The molecule has 1 N–H and O–H groups in total. The van der Waals surface area contributed by atoms with Crippen molar-refractivity contribution in [3.63, 3.8) is 0 Å². The monoisotopic (exact) mass is 340 g/mol. The number of rotatable bonds is 5. The van der Waals surface area contributed by atoms with E-state index in [4.69, 9.17) is 9.47 Å². The van der Waals surface area contributed by atoms with Crippen molar-refractivity contribution >= 4 is 17.5 Å². The lowest BCUT2D eigenvalue weighted by atomic mass is 10.1. The molecule has 1 aliphatic rings. The molecule has 6 nitrogen and oxygen atoms in total. The Morgan fingerprint density at radius 2 is 2.08 bits per heavy atom. The van der Waals surface area contributed by atoms with Gasteiger partial charge in [-0.05, 0) is 30.7 Å². The molecule has 0 atom stereocenters. The fourth-order valence-electron chi connectivity index (χ4n) is 2.73. The maximum Gasteiger partial charge on any atom is 0.265 e. The van der Waals surface area contributed by atoms with Crippen LogP contribution in [0.2, 0.25) is 0 Å². The Labute approximate surface area is 146 Å². The number of carbonyl (C=O) groups is 2. The van der Waals surface area contributed by atoms with E-state index < -0.39 is 0 Å². The van der Waals surface area contributed by atoms with Gasteiger partial charge < -0.3 is 14.8 Å². The van der Waals surface area contributed by atoms with Crippen molar-refractivity contribution in [2.24, 2.45) is 0 Å². The zero-order chi connectivity index (χ0) is 17.8. The van der Waals surface area contributed by atoms with Crippen molar-refractivity contribution in [3.8, 4) is 11.5 Å². The quantitative estimate of drug-likeness (QED) is 0.904. The Hall–Kier alpha value is -3.02. The average molecular weight is 340 g/mol. The molecule has 0 aliphatic carbocycles. The molecule has 0 unspecified atom stereocenters. The lowest BCUT2D eigenvalue weighted by Crippen LogP contribution is -2.45. The molecule has 0 spiro atoms. The number of hydrogen-bond acceptors (Lipinski definition) is 4. The zero-order valence-electron chi connectivity index (χ0n) is 14.2. The van der Waals surface area contributed by atoms with Crippen molar-refractivity contribution in [1.29, 1.82) is 0 Å². The number of para-hydroxylation sites is 1. The van der Waals surface area contributed by atoms with E-state index >= 15 is 0 Å². The second kappa shape index (κ2) is 7.25. The topological polar surface area (TPSA) is 67.9 Å². The predicted molar refractivity (Wildman–Crippen MR) is 93.9 cm³/mol. The van der Waals surface area contributed by atoms with Gasteiger partial charge in [0.25, 0.3) is 5.91 Å². The molecule has 0 fully saturated rings. The minimum Gasteiger partial charge on any atom is -0.496 e. The second-order valence-corrected chi connectivity index (χ2v) is 5.83. The molecule has 1 aliphatic heterocycles. The van der Waals surface area contributed by atoms with Gasteiger partial charge in [-0.15, -0.1) is 0 Å². The summed E-state index contributed by atoms with van der Waals surface area (Å²) in [5, 5.41) is 2.83. The van der Waals surface area contributed by atoms with Crippen LogP contribution in [0.5, 0.6) is 11.5 Å². The summed E-state index contributed by atoms with van der Waals surface area (Å²) in [6, 6.07) is 13.1. The molecule has 3 rings (SSSR count). The molecule has 6 heteroatoms. The molecule has 0 saturated heterocycles. The van der Waals surface area contributed by atoms with E-state index in [1.807, 2.05) is 49.4 Å². The number of aryl methyl sites for hydroxylation is 1. The first-order valence-electron chi connectivity index (χ1n) is 8.01. The van der Waals surface area contributed by atoms with Gasteiger partial charge in [0.2, 0.25) is 5.91 Å². The number of nitrogens with one attached hydrogen (secondary N) is 1. The highest BCUT2D eigenvalue weighted by Crippen LogP contribution is 2.32. The highest BCUT2D eigenvalue weighted by atomic mass is 16.5. The van der Waals surface area contributed by atoms with Crippen LogP contribution in [0.15, 0.2) is 42.5 Å². The van der Waals surface area contributed by atoms with E-state index in [1.54, 1.807) is 7.11 Å². The largest absolute Gasteiger partial charge is 0.496 e. The molecule has 0 radical (unpaired) electrons. The molecule has 0 bridgehead atoms. The van der Waals surface area contributed by atoms with Gasteiger partial charge in [0.15, 0.2) is 6.61 Å². The van der Waals surface area contributed by atoms with Gasteiger partial charge in [0.1, 0.15) is 18.0 Å². The fourth-order valence-corrected chi connectivity index (χ4v) is 2.73. The van der Waals surface area contributed by atoms with Crippen LogP contribution < -0.4 is 19.7 Å². The molecule has 2 aromatic rings. The number of benzene rings is 2. The summed E-state index contributed by atoms with van der Waals surface area (Å²) in [5.74, 6) is 0.855.